The standard InChI is InChI=1S/C15H18FN3/c1-10-8-14(16)5-4-13(10)6-7-17-15-9-18-11(2)12(3)19-15/h4-5,8-9H,6-7H2,1-3H3,(H,17,19). The van der Waals surface area contributed by atoms with Crippen molar-refractivity contribution in [2.75, 3.05) is 11.9 Å². The maximum absolute atomic E-state index is 13.0. The number of nitrogens with one attached hydrogen (secondary N) is 1. The molecule has 0 saturated heterocycles. The Labute approximate surface area is 112 Å². The molecule has 100 valence electrons. The van der Waals surface area contributed by atoms with E-state index >= 15 is 0 Å². The first-order chi connectivity index (χ1) is 9.06. The molecule has 0 bridgehead atoms. The molecule has 1 N–H and O–H groups in total. The number of aryl methyl sites for hydroxylation is 3. The molecule has 0 aliphatic rings. The molecule has 0 fully saturated rings. The summed E-state index contributed by atoms with van der Waals surface area (Å²) < 4.78 is 13.0. The zero-order valence-corrected chi connectivity index (χ0v) is 11.5. The molecular weight excluding hydrogens is 241 g/mol. The summed E-state index contributed by atoms with van der Waals surface area (Å²) in [6.45, 7) is 6.56. The molecule has 4 heteroatoms. The van der Waals surface area contributed by atoms with Gasteiger partial charge < -0.3 is 5.32 Å². The smallest absolute Gasteiger partial charge is 0.144 e. The molecule has 0 spiro atoms. The van der Waals surface area contributed by atoms with Gasteiger partial charge in [-0.05, 0) is 50.5 Å². The fourth-order valence-electron chi connectivity index (χ4n) is 1.89. The van der Waals surface area contributed by atoms with Crippen molar-refractivity contribution in [1.82, 2.24) is 9.97 Å². The van der Waals surface area contributed by atoms with Crippen LogP contribution in [0.15, 0.2) is 24.4 Å². The van der Waals surface area contributed by atoms with Crippen LogP contribution in [-0.2, 0) is 6.42 Å². The van der Waals surface area contributed by atoms with Gasteiger partial charge in [-0.25, -0.2) is 9.37 Å². The summed E-state index contributed by atoms with van der Waals surface area (Å²) >= 11 is 0. The van der Waals surface area contributed by atoms with E-state index in [1.165, 1.54) is 6.07 Å². The highest BCUT2D eigenvalue weighted by molar-refractivity contribution is 5.34. The van der Waals surface area contributed by atoms with Crippen LogP contribution in [0.5, 0.6) is 0 Å². The summed E-state index contributed by atoms with van der Waals surface area (Å²) in [5.74, 6) is 0.595. The van der Waals surface area contributed by atoms with E-state index in [-0.39, 0.29) is 5.82 Å². The molecule has 0 unspecified atom stereocenters. The monoisotopic (exact) mass is 259 g/mol. The Balaban J connectivity index is 1.94. The van der Waals surface area contributed by atoms with E-state index in [0.29, 0.717) is 0 Å². The van der Waals surface area contributed by atoms with Crippen molar-refractivity contribution in [3.63, 3.8) is 0 Å². The second-order valence-electron chi connectivity index (χ2n) is 4.67. The largest absolute Gasteiger partial charge is 0.368 e. The zero-order valence-electron chi connectivity index (χ0n) is 11.5. The zero-order chi connectivity index (χ0) is 13.8. The van der Waals surface area contributed by atoms with E-state index in [1.54, 1.807) is 12.3 Å². The highest BCUT2D eigenvalue weighted by atomic mass is 19.1. The molecule has 2 rings (SSSR count). The Hall–Kier alpha value is -1.97. The molecule has 19 heavy (non-hydrogen) atoms. The van der Waals surface area contributed by atoms with Crippen molar-refractivity contribution in [2.45, 2.75) is 27.2 Å². The predicted octanol–water partition coefficient (Wildman–Crippen LogP) is 3.20. The van der Waals surface area contributed by atoms with Gasteiger partial charge in [0.25, 0.3) is 0 Å². The van der Waals surface area contributed by atoms with Crippen molar-refractivity contribution >= 4 is 5.82 Å². The third-order valence-electron chi connectivity index (χ3n) is 3.20. The van der Waals surface area contributed by atoms with Crippen molar-refractivity contribution in [3.8, 4) is 0 Å². The summed E-state index contributed by atoms with van der Waals surface area (Å²) in [5, 5.41) is 3.24. The minimum atomic E-state index is -0.186. The quantitative estimate of drug-likeness (QED) is 0.916. The van der Waals surface area contributed by atoms with Gasteiger partial charge in [0.15, 0.2) is 0 Å². The van der Waals surface area contributed by atoms with E-state index in [9.17, 15) is 4.39 Å². The van der Waals surface area contributed by atoms with Crippen LogP contribution >= 0.6 is 0 Å². The van der Waals surface area contributed by atoms with Gasteiger partial charge in [0, 0.05) is 6.54 Å². The average Bonchev–Trinajstić information content (AvgIpc) is 2.36. The van der Waals surface area contributed by atoms with Gasteiger partial charge in [-0.15, -0.1) is 0 Å². The number of nitrogens with zero attached hydrogens (tertiary/aromatic N) is 2. The number of benzene rings is 1. The molecule has 0 saturated carbocycles. The molecule has 1 aromatic carbocycles. The first kappa shape index (κ1) is 13.5. The third kappa shape index (κ3) is 3.50. The van der Waals surface area contributed by atoms with Crippen LogP contribution < -0.4 is 5.32 Å². The van der Waals surface area contributed by atoms with Gasteiger partial charge in [-0.1, -0.05) is 6.07 Å². The van der Waals surface area contributed by atoms with Crippen LogP contribution in [0, 0.1) is 26.6 Å². The molecule has 0 aliphatic heterocycles. The van der Waals surface area contributed by atoms with Crippen LogP contribution in [0.25, 0.3) is 0 Å². The van der Waals surface area contributed by atoms with Gasteiger partial charge in [0.05, 0.1) is 17.6 Å². The van der Waals surface area contributed by atoms with Gasteiger partial charge in [-0.3, -0.25) is 4.98 Å². The lowest BCUT2D eigenvalue weighted by Crippen LogP contribution is -2.08. The fourth-order valence-corrected chi connectivity index (χ4v) is 1.89. The minimum absolute atomic E-state index is 0.186. The van der Waals surface area contributed by atoms with E-state index in [1.807, 2.05) is 26.8 Å². The average molecular weight is 259 g/mol. The number of rotatable bonds is 4. The van der Waals surface area contributed by atoms with Crippen molar-refractivity contribution in [1.29, 1.82) is 0 Å². The third-order valence-corrected chi connectivity index (χ3v) is 3.20. The van der Waals surface area contributed by atoms with E-state index in [4.69, 9.17) is 0 Å². The lowest BCUT2D eigenvalue weighted by molar-refractivity contribution is 0.625. The first-order valence-electron chi connectivity index (χ1n) is 6.35. The Kier molecular flexibility index (Phi) is 4.10. The molecule has 0 aliphatic carbocycles. The Morgan fingerprint density at radius 3 is 2.63 bits per heavy atom. The lowest BCUT2D eigenvalue weighted by Gasteiger charge is -2.09. The van der Waals surface area contributed by atoms with Crippen molar-refractivity contribution in [2.24, 2.45) is 0 Å². The van der Waals surface area contributed by atoms with Gasteiger partial charge in [-0.2, -0.15) is 0 Å². The fraction of sp³-hybridized carbons (Fsp3) is 0.333. The van der Waals surface area contributed by atoms with Crippen LogP contribution in [0.3, 0.4) is 0 Å². The highest BCUT2D eigenvalue weighted by Crippen LogP contribution is 2.11. The molecule has 1 heterocycles. The SMILES string of the molecule is Cc1cc(F)ccc1CCNc1cnc(C)c(C)n1. The van der Waals surface area contributed by atoms with Crippen LogP contribution in [0.1, 0.15) is 22.5 Å². The summed E-state index contributed by atoms with van der Waals surface area (Å²) in [7, 11) is 0. The summed E-state index contributed by atoms with van der Waals surface area (Å²) in [5.41, 5.74) is 4.00. The molecule has 0 atom stereocenters. The number of hydrogen-bond donors (Lipinski definition) is 1. The Morgan fingerprint density at radius 1 is 1.16 bits per heavy atom. The topological polar surface area (TPSA) is 37.8 Å². The number of aromatic nitrogens is 2. The second-order valence-corrected chi connectivity index (χ2v) is 4.67. The molecule has 3 nitrogen and oxygen atoms in total. The van der Waals surface area contributed by atoms with Crippen LogP contribution in [0.4, 0.5) is 10.2 Å². The maximum atomic E-state index is 13.0. The number of anilines is 1. The normalized spacial score (nSPS) is 10.5. The van der Waals surface area contributed by atoms with Gasteiger partial charge >= 0.3 is 0 Å². The predicted molar refractivity (Wildman–Crippen MR) is 74.8 cm³/mol. The second kappa shape index (κ2) is 5.78. The highest BCUT2D eigenvalue weighted by Gasteiger charge is 2.02. The maximum Gasteiger partial charge on any atom is 0.144 e. The van der Waals surface area contributed by atoms with Crippen molar-refractivity contribution < 1.29 is 4.39 Å². The van der Waals surface area contributed by atoms with E-state index in [0.717, 1.165) is 41.3 Å². The first-order valence-corrected chi connectivity index (χ1v) is 6.35. The van der Waals surface area contributed by atoms with Crippen LogP contribution in [-0.4, -0.2) is 16.5 Å². The molecule has 2 aromatic rings. The summed E-state index contributed by atoms with van der Waals surface area (Å²) in [4.78, 5) is 8.67. The van der Waals surface area contributed by atoms with Gasteiger partial charge in [0.1, 0.15) is 11.6 Å². The minimum Gasteiger partial charge on any atom is -0.368 e. The lowest BCUT2D eigenvalue weighted by atomic mass is 10.1. The summed E-state index contributed by atoms with van der Waals surface area (Å²) in [6.07, 6.45) is 2.57. The molecule has 0 radical (unpaired) electrons. The summed E-state index contributed by atoms with van der Waals surface area (Å²) in [6, 6.07) is 4.89. The van der Waals surface area contributed by atoms with Gasteiger partial charge in [0.2, 0.25) is 0 Å². The molecular formula is C15H18FN3. The number of halogens is 1. The van der Waals surface area contributed by atoms with E-state index in [2.05, 4.69) is 15.3 Å². The van der Waals surface area contributed by atoms with Crippen molar-refractivity contribution in [3.05, 3.63) is 52.7 Å². The Morgan fingerprint density at radius 2 is 1.95 bits per heavy atom. The van der Waals surface area contributed by atoms with Crippen LogP contribution in [0.2, 0.25) is 0 Å². The molecule has 0 amide bonds. The Bertz CT molecular complexity index is 582. The molecule has 1 aromatic heterocycles. The number of hydrogen-bond acceptors (Lipinski definition) is 3. The van der Waals surface area contributed by atoms with E-state index < -0.39 is 0 Å².